The number of esters is 1. The topological polar surface area (TPSA) is 72.6 Å². The van der Waals surface area contributed by atoms with Crippen molar-refractivity contribution in [1.82, 2.24) is 4.90 Å². The first-order chi connectivity index (χ1) is 7.63. The van der Waals surface area contributed by atoms with Crippen LogP contribution >= 0.6 is 0 Å². The highest BCUT2D eigenvalue weighted by molar-refractivity contribution is 5.74. The van der Waals surface area contributed by atoms with E-state index in [-0.39, 0.29) is 17.9 Å². The van der Waals surface area contributed by atoms with Gasteiger partial charge in [0.05, 0.1) is 13.5 Å². The summed E-state index contributed by atoms with van der Waals surface area (Å²) in [6.45, 7) is 1.59. The predicted molar refractivity (Wildman–Crippen MR) is 59.7 cm³/mol. The fourth-order valence-electron chi connectivity index (χ4n) is 2.12. The number of carbonyl (C=O) groups excluding carboxylic acids is 2. The van der Waals surface area contributed by atoms with Gasteiger partial charge in [-0.25, -0.2) is 0 Å². The van der Waals surface area contributed by atoms with Crippen molar-refractivity contribution in [3.05, 3.63) is 0 Å². The molecule has 0 aromatic rings. The van der Waals surface area contributed by atoms with Crippen LogP contribution in [-0.4, -0.2) is 43.0 Å². The first-order valence-corrected chi connectivity index (χ1v) is 5.72. The second-order valence-corrected chi connectivity index (χ2v) is 4.18. The lowest BCUT2D eigenvalue weighted by Gasteiger charge is -2.34. The summed E-state index contributed by atoms with van der Waals surface area (Å²) in [5.74, 6) is -0.474. The lowest BCUT2D eigenvalue weighted by atomic mass is 9.99. The molecule has 16 heavy (non-hydrogen) atoms. The van der Waals surface area contributed by atoms with Crippen molar-refractivity contribution in [1.29, 1.82) is 0 Å². The largest absolute Gasteiger partial charge is 0.469 e. The molecule has 1 atom stereocenters. The molecule has 1 rings (SSSR count). The maximum absolute atomic E-state index is 11.2. The van der Waals surface area contributed by atoms with Gasteiger partial charge in [-0.3, -0.25) is 14.5 Å². The Morgan fingerprint density at radius 1 is 1.44 bits per heavy atom. The minimum Gasteiger partial charge on any atom is -0.469 e. The summed E-state index contributed by atoms with van der Waals surface area (Å²) in [5, 5.41) is 0. The molecule has 0 aliphatic carbocycles. The summed E-state index contributed by atoms with van der Waals surface area (Å²) in [6, 6.07) is 0.209. The molecular weight excluding hydrogens is 208 g/mol. The number of rotatable bonds is 5. The van der Waals surface area contributed by atoms with Crippen LogP contribution in [0.3, 0.4) is 0 Å². The fourth-order valence-corrected chi connectivity index (χ4v) is 2.12. The Morgan fingerprint density at radius 2 is 2.19 bits per heavy atom. The molecule has 0 aromatic carbocycles. The molecule has 92 valence electrons. The molecule has 1 aliphatic rings. The summed E-state index contributed by atoms with van der Waals surface area (Å²) >= 11 is 0. The number of likely N-dealkylation sites (tertiary alicyclic amines) is 1. The number of nitrogens with zero attached hydrogens (tertiary/aromatic N) is 1. The summed E-state index contributed by atoms with van der Waals surface area (Å²) in [4.78, 5) is 24.1. The van der Waals surface area contributed by atoms with Gasteiger partial charge >= 0.3 is 5.97 Å². The third-order valence-corrected chi connectivity index (χ3v) is 3.02. The van der Waals surface area contributed by atoms with Gasteiger partial charge in [0.1, 0.15) is 0 Å². The van der Waals surface area contributed by atoms with Crippen LogP contribution in [0.4, 0.5) is 0 Å². The maximum Gasteiger partial charge on any atom is 0.307 e. The van der Waals surface area contributed by atoms with Crippen molar-refractivity contribution >= 4 is 11.9 Å². The van der Waals surface area contributed by atoms with Crippen LogP contribution in [0.5, 0.6) is 0 Å². The van der Waals surface area contributed by atoms with Crippen molar-refractivity contribution in [2.45, 2.75) is 38.1 Å². The fraction of sp³-hybridized carbons (Fsp3) is 0.818. The van der Waals surface area contributed by atoms with Crippen molar-refractivity contribution in [3.63, 3.8) is 0 Å². The monoisotopic (exact) mass is 228 g/mol. The number of carbonyl (C=O) groups is 2. The SMILES string of the molecule is COC(=O)CC1CCCCN1CCC(N)=O. The van der Waals surface area contributed by atoms with Gasteiger partial charge in [0.15, 0.2) is 0 Å². The number of primary amides is 1. The molecule has 2 N–H and O–H groups in total. The molecule has 0 spiro atoms. The molecule has 1 heterocycles. The second-order valence-electron chi connectivity index (χ2n) is 4.18. The molecule has 0 bridgehead atoms. The average molecular weight is 228 g/mol. The Balaban J connectivity index is 2.43. The van der Waals surface area contributed by atoms with E-state index in [0.717, 1.165) is 25.8 Å². The van der Waals surface area contributed by atoms with E-state index in [9.17, 15) is 9.59 Å². The van der Waals surface area contributed by atoms with Crippen LogP contribution in [0.1, 0.15) is 32.1 Å². The van der Waals surface area contributed by atoms with Crippen LogP contribution in [0.25, 0.3) is 0 Å². The quantitative estimate of drug-likeness (QED) is 0.686. The zero-order chi connectivity index (χ0) is 12.0. The third-order valence-electron chi connectivity index (χ3n) is 3.02. The molecule has 5 nitrogen and oxygen atoms in total. The summed E-state index contributed by atoms with van der Waals surface area (Å²) < 4.78 is 4.67. The standard InChI is InChI=1S/C11H20N2O3/c1-16-11(15)8-9-4-2-3-6-13(9)7-5-10(12)14/h9H,2-8H2,1H3,(H2,12,14). The number of hydrogen-bond acceptors (Lipinski definition) is 4. The van der Waals surface area contributed by atoms with E-state index in [4.69, 9.17) is 5.73 Å². The lowest BCUT2D eigenvalue weighted by Crippen LogP contribution is -2.42. The van der Waals surface area contributed by atoms with Crippen LogP contribution in [0.15, 0.2) is 0 Å². The third kappa shape index (κ3) is 4.18. The number of methoxy groups -OCH3 is 1. The molecule has 0 saturated carbocycles. The number of piperidine rings is 1. The first-order valence-electron chi connectivity index (χ1n) is 5.72. The molecule has 0 aromatic heterocycles. The van der Waals surface area contributed by atoms with Gasteiger partial charge in [0.25, 0.3) is 0 Å². The van der Waals surface area contributed by atoms with E-state index >= 15 is 0 Å². The van der Waals surface area contributed by atoms with E-state index in [2.05, 4.69) is 9.64 Å². The second kappa shape index (κ2) is 6.48. The van der Waals surface area contributed by atoms with Crippen molar-refractivity contribution in [3.8, 4) is 0 Å². The molecule has 0 radical (unpaired) electrons. The van der Waals surface area contributed by atoms with E-state index < -0.39 is 0 Å². The molecule has 1 unspecified atom stereocenters. The molecule has 1 fully saturated rings. The van der Waals surface area contributed by atoms with E-state index in [1.54, 1.807) is 0 Å². The van der Waals surface area contributed by atoms with Crippen molar-refractivity contribution in [2.75, 3.05) is 20.2 Å². The van der Waals surface area contributed by atoms with Gasteiger partial charge in [-0.2, -0.15) is 0 Å². The lowest BCUT2D eigenvalue weighted by molar-refractivity contribution is -0.142. The van der Waals surface area contributed by atoms with Gasteiger partial charge < -0.3 is 10.5 Å². The van der Waals surface area contributed by atoms with Crippen LogP contribution in [0.2, 0.25) is 0 Å². The molecule has 1 saturated heterocycles. The smallest absolute Gasteiger partial charge is 0.307 e. The number of ether oxygens (including phenoxy) is 1. The van der Waals surface area contributed by atoms with Crippen molar-refractivity contribution in [2.24, 2.45) is 5.73 Å². The Hall–Kier alpha value is -1.10. The molecule has 1 amide bonds. The summed E-state index contributed by atoms with van der Waals surface area (Å²) in [7, 11) is 1.40. The normalized spacial score (nSPS) is 21.7. The number of hydrogen-bond donors (Lipinski definition) is 1. The Bertz CT molecular complexity index is 256. The molecular formula is C11H20N2O3. The maximum atomic E-state index is 11.2. The van der Waals surface area contributed by atoms with Crippen LogP contribution in [-0.2, 0) is 14.3 Å². The van der Waals surface area contributed by atoms with Crippen LogP contribution in [0, 0.1) is 0 Å². The zero-order valence-electron chi connectivity index (χ0n) is 9.78. The average Bonchev–Trinajstić information content (AvgIpc) is 2.27. The Labute approximate surface area is 95.9 Å². The summed E-state index contributed by atoms with van der Waals surface area (Å²) in [5.41, 5.74) is 5.13. The number of amides is 1. The minimum atomic E-state index is -0.289. The van der Waals surface area contributed by atoms with Gasteiger partial charge in [-0.1, -0.05) is 6.42 Å². The van der Waals surface area contributed by atoms with Gasteiger partial charge in [0, 0.05) is 19.0 Å². The molecule has 5 heteroatoms. The first kappa shape index (κ1) is 13.0. The Kier molecular flexibility index (Phi) is 5.25. The highest BCUT2D eigenvalue weighted by Crippen LogP contribution is 2.20. The van der Waals surface area contributed by atoms with E-state index in [1.807, 2.05) is 0 Å². The summed E-state index contributed by atoms with van der Waals surface area (Å²) in [6.07, 6.45) is 4.02. The van der Waals surface area contributed by atoms with Crippen molar-refractivity contribution < 1.29 is 14.3 Å². The van der Waals surface area contributed by atoms with E-state index in [1.165, 1.54) is 7.11 Å². The highest BCUT2D eigenvalue weighted by Gasteiger charge is 2.24. The predicted octanol–water partition coefficient (Wildman–Crippen LogP) is 0.279. The van der Waals surface area contributed by atoms with E-state index in [0.29, 0.717) is 19.4 Å². The zero-order valence-corrected chi connectivity index (χ0v) is 9.78. The highest BCUT2D eigenvalue weighted by atomic mass is 16.5. The van der Waals surface area contributed by atoms with Gasteiger partial charge in [-0.05, 0) is 19.4 Å². The van der Waals surface area contributed by atoms with Gasteiger partial charge in [0.2, 0.25) is 5.91 Å². The molecule has 1 aliphatic heterocycles. The minimum absolute atomic E-state index is 0.184. The van der Waals surface area contributed by atoms with Gasteiger partial charge in [-0.15, -0.1) is 0 Å². The number of nitrogens with two attached hydrogens (primary N) is 1. The van der Waals surface area contributed by atoms with Crippen LogP contribution < -0.4 is 5.73 Å². The Morgan fingerprint density at radius 3 is 2.81 bits per heavy atom.